The lowest BCUT2D eigenvalue weighted by Gasteiger charge is -2.66. The van der Waals surface area contributed by atoms with E-state index >= 15 is 0 Å². The van der Waals surface area contributed by atoms with Gasteiger partial charge in [0, 0.05) is 0 Å². The molecule has 0 radical (unpaired) electrons. The first-order valence-electron chi connectivity index (χ1n) is 12.4. The molecule has 1 aliphatic heterocycles. The second kappa shape index (κ2) is 7.13. The summed E-state index contributed by atoms with van der Waals surface area (Å²) in [6, 6.07) is 0. The molecule has 4 saturated carbocycles. The lowest BCUT2D eigenvalue weighted by molar-refractivity contribution is -0.255. The van der Waals surface area contributed by atoms with Crippen molar-refractivity contribution in [3.63, 3.8) is 0 Å². The van der Waals surface area contributed by atoms with E-state index in [9.17, 15) is 20.4 Å². The van der Waals surface area contributed by atoms with E-state index in [1.807, 2.05) is 0 Å². The molecule has 5 fully saturated rings. The summed E-state index contributed by atoms with van der Waals surface area (Å²) in [6.45, 7) is 9.02. The fourth-order valence-electron chi connectivity index (χ4n) is 9.41. The summed E-state index contributed by atoms with van der Waals surface area (Å²) in [5.74, 6) is 1.68. The van der Waals surface area contributed by atoms with Gasteiger partial charge in [0.05, 0.1) is 18.3 Å². The van der Waals surface area contributed by atoms with E-state index in [0.717, 1.165) is 38.5 Å². The molecule has 0 aromatic carbocycles. The summed E-state index contributed by atoms with van der Waals surface area (Å²) in [5, 5.41) is 40.8. The van der Waals surface area contributed by atoms with Gasteiger partial charge in [-0.05, 0) is 92.3 Å². The van der Waals surface area contributed by atoms with Crippen LogP contribution in [-0.2, 0) is 9.47 Å². The van der Waals surface area contributed by atoms with Gasteiger partial charge in [0.25, 0.3) is 0 Å². The van der Waals surface area contributed by atoms with Crippen LogP contribution in [0, 0.1) is 34.0 Å². The molecule has 11 atom stereocenters. The molecule has 2 bridgehead atoms. The molecule has 0 amide bonds. The highest BCUT2D eigenvalue weighted by Gasteiger charge is 2.69. The first kappa shape index (κ1) is 22.5. The highest BCUT2D eigenvalue weighted by molar-refractivity contribution is 5.18. The van der Waals surface area contributed by atoms with Gasteiger partial charge >= 0.3 is 0 Å². The minimum atomic E-state index is -1.13. The topological polar surface area (TPSA) is 99.4 Å². The SMILES string of the molecule is CC1(C)C[C@H](O)C[C@@]2(C)[C@H]1CC[C@H]1C[C@H]3C[C@]12CC[C@]3(C)O[C@H]1O[C@@H](CO)[C@@H](O)[C@@H]1O. The molecule has 0 unspecified atom stereocenters. The van der Waals surface area contributed by atoms with E-state index in [2.05, 4.69) is 27.7 Å². The fourth-order valence-corrected chi connectivity index (χ4v) is 9.41. The Labute approximate surface area is 186 Å². The zero-order valence-corrected chi connectivity index (χ0v) is 19.6. The van der Waals surface area contributed by atoms with E-state index in [0.29, 0.717) is 17.8 Å². The van der Waals surface area contributed by atoms with Crippen molar-refractivity contribution in [2.45, 2.75) is 115 Å². The summed E-state index contributed by atoms with van der Waals surface area (Å²) in [7, 11) is 0. The Bertz CT molecular complexity index is 712. The predicted octanol–water partition coefficient (Wildman–Crippen LogP) is 2.60. The molecular formula is C25H42O6. The number of hydrogen-bond donors (Lipinski definition) is 4. The molecule has 0 aromatic heterocycles. The van der Waals surface area contributed by atoms with Gasteiger partial charge in [0.15, 0.2) is 6.29 Å². The van der Waals surface area contributed by atoms with E-state index in [1.165, 1.54) is 12.8 Å². The van der Waals surface area contributed by atoms with Gasteiger partial charge in [0.2, 0.25) is 0 Å². The predicted molar refractivity (Wildman–Crippen MR) is 115 cm³/mol. The summed E-state index contributed by atoms with van der Waals surface area (Å²) in [6.07, 6.45) is 4.39. The Balaban J connectivity index is 1.40. The van der Waals surface area contributed by atoms with Crippen molar-refractivity contribution in [2.75, 3.05) is 6.61 Å². The third-order valence-electron chi connectivity index (χ3n) is 10.9. The Morgan fingerprint density at radius 2 is 1.65 bits per heavy atom. The lowest BCUT2D eigenvalue weighted by Crippen LogP contribution is -2.60. The maximum atomic E-state index is 10.8. The van der Waals surface area contributed by atoms with Crippen molar-refractivity contribution in [1.29, 1.82) is 0 Å². The molecule has 4 aliphatic carbocycles. The molecule has 5 rings (SSSR count). The smallest absolute Gasteiger partial charge is 0.187 e. The van der Waals surface area contributed by atoms with Crippen LogP contribution in [0.1, 0.15) is 79.1 Å². The monoisotopic (exact) mass is 438 g/mol. The van der Waals surface area contributed by atoms with E-state index in [1.54, 1.807) is 0 Å². The van der Waals surface area contributed by atoms with Crippen molar-refractivity contribution in [2.24, 2.45) is 34.0 Å². The molecule has 5 aliphatic rings. The van der Waals surface area contributed by atoms with Crippen LogP contribution < -0.4 is 0 Å². The van der Waals surface area contributed by atoms with Gasteiger partial charge < -0.3 is 29.9 Å². The third-order valence-corrected chi connectivity index (χ3v) is 10.9. The molecule has 1 saturated heterocycles. The fraction of sp³-hybridized carbons (Fsp3) is 1.00. The van der Waals surface area contributed by atoms with Gasteiger partial charge in [-0.3, -0.25) is 0 Å². The molecular weight excluding hydrogens is 396 g/mol. The molecule has 6 heteroatoms. The first-order valence-corrected chi connectivity index (χ1v) is 12.4. The van der Waals surface area contributed by atoms with E-state index < -0.39 is 30.2 Å². The number of aliphatic hydroxyl groups excluding tert-OH is 4. The quantitative estimate of drug-likeness (QED) is 0.541. The molecule has 31 heavy (non-hydrogen) atoms. The maximum Gasteiger partial charge on any atom is 0.187 e. The Hall–Kier alpha value is -0.240. The van der Waals surface area contributed by atoms with Crippen LogP contribution in [0.4, 0.5) is 0 Å². The van der Waals surface area contributed by atoms with Gasteiger partial charge in [-0.15, -0.1) is 0 Å². The highest BCUT2D eigenvalue weighted by Crippen LogP contribution is 2.75. The minimum Gasteiger partial charge on any atom is -0.394 e. The Morgan fingerprint density at radius 1 is 0.903 bits per heavy atom. The van der Waals surface area contributed by atoms with Crippen LogP contribution in [0.3, 0.4) is 0 Å². The summed E-state index contributed by atoms with van der Waals surface area (Å²) >= 11 is 0. The summed E-state index contributed by atoms with van der Waals surface area (Å²) in [4.78, 5) is 0. The van der Waals surface area contributed by atoms with E-state index in [4.69, 9.17) is 9.47 Å². The van der Waals surface area contributed by atoms with Gasteiger partial charge in [-0.1, -0.05) is 20.8 Å². The van der Waals surface area contributed by atoms with Crippen molar-refractivity contribution in [3.05, 3.63) is 0 Å². The second-order valence-corrected chi connectivity index (χ2v) is 12.7. The molecule has 178 valence electrons. The minimum absolute atomic E-state index is 0.148. The Morgan fingerprint density at radius 3 is 2.32 bits per heavy atom. The van der Waals surface area contributed by atoms with Crippen LogP contribution in [-0.4, -0.2) is 63.3 Å². The average molecular weight is 439 g/mol. The largest absolute Gasteiger partial charge is 0.394 e. The Kier molecular flexibility index (Phi) is 5.19. The van der Waals surface area contributed by atoms with Gasteiger partial charge in [-0.2, -0.15) is 0 Å². The lowest BCUT2D eigenvalue weighted by atomic mass is 9.39. The van der Waals surface area contributed by atoms with Crippen molar-refractivity contribution in [1.82, 2.24) is 0 Å². The van der Waals surface area contributed by atoms with Crippen LogP contribution in [0.25, 0.3) is 0 Å². The number of fused-ring (bicyclic) bond motifs is 2. The zero-order valence-electron chi connectivity index (χ0n) is 19.6. The zero-order chi connectivity index (χ0) is 22.4. The van der Waals surface area contributed by atoms with Crippen molar-refractivity contribution >= 4 is 0 Å². The third kappa shape index (κ3) is 3.05. The van der Waals surface area contributed by atoms with Crippen LogP contribution in [0.2, 0.25) is 0 Å². The average Bonchev–Trinajstić information content (AvgIpc) is 3.16. The van der Waals surface area contributed by atoms with Crippen molar-refractivity contribution < 1.29 is 29.9 Å². The molecule has 6 nitrogen and oxygen atoms in total. The molecule has 1 heterocycles. The van der Waals surface area contributed by atoms with Crippen LogP contribution in [0.15, 0.2) is 0 Å². The van der Waals surface area contributed by atoms with Crippen molar-refractivity contribution in [3.8, 4) is 0 Å². The number of hydrogen-bond acceptors (Lipinski definition) is 6. The first-order chi connectivity index (χ1) is 14.5. The number of aliphatic hydroxyl groups is 4. The van der Waals surface area contributed by atoms with Crippen LogP contribution >= 0.6 is 0 Å². The normalized spacial score (nSPS) is 58.1. The second-order valence-electron chi connectivity index (χ2n) is 12.7. The van der Waals surface area contributed by atoms with Gasteiger partial charge in [0.1, 0.15) is 18.3 Å². The standard InChI is InChI=1S/C25H42O6/c1-22(2)11-16(27)12-23(3)18(22)6-5-14-9-15-10-25(14,23)8-7-24(15,4)31-21-20(29)19(28)17(13-26)30-21/h14-21,26-29H,5-13H2,1-4H3/t14-,15-,16-,17-,18-,19+,20-,21+,23-,24-,25+/m0/s1. The molecule has 4 N–H and O–H groups in total. The number of ether oxygens (including phenoxy) is 2. The summed E-state index contributed by atoms with van der Waals surface area (Å²) in [5.41, 5.74) is 0.158. The number of rotatable bonds is 3. The molecule has 1 spiro atoms. The maximum absolute atomic E-state index is 10.8. The molecule has 0 aromatic rings. The van der Waals surface area contributed by atoms with Gasteiger partial charge in [-0.25, -0.2) is 0 Å². The summed E-state index contributed by atoms with van der Waals surface area (Å²) < 4.78 is 12.1. The van der Waals surface area contributed by atoms with Crippen LogP contribution in [0.5, 0.6) is 0 Å². The highest BCUT2D eigenvalue weighted by atomic mass is 16.7. The van der Waals surface area contributed by atoms with E-state index in [-0.39, 0.29) is 29.0 Å².